The van der Waals surface area contributed by atoms with Crippen LogP contribution in [0.5, 0.6) is 0 Å². The number of allylic oxidation sites excluding steroid dienone is 2. The van der Waals surface area contributed by atoms with Crippen molar-refractivity contribution in [1.29, 1.82) is 0 Å². The van der Waals surface area contributed by atoms with Crippen molar-refractivity contribution in [2.75, 3.05) is 12.9 Å². The smallest absolute Gasteiger partial charge is 0.257 e. The largest absolute Gasteiger partial charge is 0.265 e. The summed E-state index contributed by atoms with van der Waals surface area (Å²) in [7, 11) is -3.34. The van der Waals surface area contributed by atoms with Crippen LogP contribution in [-0.2, 0) is 14.3 Å². The second-order valence-electron chi connectivity index (χ2n) is 1.79. The first-order valence-corrected chi connectivity index (χ1v) is 4.82. The standard InChI is InChI=1S/C7H10O3S/c1-3-4-5-6-7-10-11(2,8)9/h3-4H,7H2,1-2H3. The average Bonchev–Trinajstić information content (AvgIpc) is 1.85. The van der Waals surface area contributed by atoms with E-state index in [9.17, 15) is 8.42 Å². The van der Waals surface area contributed by atoms with Gasteiger partial charge in [0.1, 0.15) is 6.61 Å². The molecule has 0 fully saturated rings. The van der Waals surface area contributed by atoms with Gasteiger partial charge in [-0.05, 0) is 13.0 Å². The van der Waals surface area contributed by atoms with Gasteiger partial charge in [-0.25, -0.2) is 0 Å². The van der Waals surface area contributed by atoms with Gasteiger partial charge in [0, 0.05) is 0 Å². The summed E-state index contributed by atoms with van der Waals surface area (Å²) in [5.74, 6) is 5.09. The third-order valence-corrected chi connectivity index (χ3v) is 1.24. The molecule has 0 aliphatic carbocycles. The zero-order valence-electron chi connectivity index (χ0n) is 6.49. The molecule has 0 unspecified atom stereocenters. The lowest BCUT2D eigenvalue weighted by Gasteiger charge is -1.90. The van der Waals surface area contributed by atoms with Crippen LogP contribution < -0.4 is 0 Å². The van der Waals surface area contributed by atoms with Gasteiger partial charge in [-0.1, -0.05) is 17.9 Å². The van der Waals surface area contributed by atoms with E-state index in [-0.39, 0.29) is 6.61 Å². The number of hydrogen-bond donors (Lipinski definition) is 0. The van der Waals surface area contributed by atoms with E-state index >= 15 is 0 Å². The minimum absolute atomic E-state index is 0.0802. The molecule has 0 aliphatic rings. The highest BCUT2D eigenvalue weighted by Crippen LogP contribution is 1.83. The van der Waals surface area contributed by atoms with E-state index in [4.69, 9.17) is 0 Å². The van der Waals surface area contributed by atoms with E-state index in [2.05, 4.69) is 16.0 Å². The summed E-state index contributed by atoms with van der Waals surface area (Å²) in [5, 5.41) is 0. The minimum atomic E-state index is -3.34. The third kappa shape index (κ3) is 9.21. The Morgan fingerprint density at radius 3 is 2.64 bits per heavy atom. The molecule has 0 radical (unpaired) electrons. The lowest BCUT2D eigenvalue weighted by atomic mass is 10.5. The molecular weight excluding hydrogens is 164 g/mol. The molecule has 0 atom stereocenters. The Labute approximate surface area is 67.2 Å². The fourth-order valence-corrected chi connectivity index (χ4v) is 0.593. The molecule has 11 heavy (non-hydrogen) atoms. The molecule has 0 N–H and O–H groups in total. The molecule has 0 aromatic heterocycles. The van der Waals surface area contributed by atoms with Crippen LogP contribution in [-0.4, -0.2) is 21.3 Å². The van der Waals surface area contributed by atoms with E-state index < -0.39 is 10.1 Å². The highest BCUT2D eigenvalue weighted by molar-refractivity contribution is 7.85. The van der Waals surface area contributed by atoms with E-state index in [1.165, 1.54) is 0 Å². The van der Waals surface area contributed by atoms with E-state index in [0.29, 0.717) is 0 Å². The van der Waals surface area contributed by atoms with Crippen molar-refractivity contribution in [3.05, 3.63) is 12.2 Å². The Morgan fingerprint density at radius 1 is 1.55 bits per heavy atom. The Balaban J connectivity index is 3.70. The van der Waals surface area contributed by atoms with Gasteiger partial charge in [-0.3, -0.25) is 4.18 Å². The summed E-state index contributed by atoms with van der Waals surface area (Å²) in [6.07, 6.45) is 4.36. The molecule has 0 heterocycles. The fraction of sp³-hybridized carbons (Fsp3) is 0.429. The molecule has 0 aromatic rings. The molecule has 0 amide bonds. The SMILES string of the molecule is CC=CC#CCOS(C)(=O)=O. The normalized spacial score (nSPS) is 11.1. The number of hydrogen-bond acceptors (Lipinski definition) is 3. The van der Waals surface area contributed by atoms with Gasteiger partial charge in [-0.2, -0.15) is 8.42 Å². The first-order valence-electron chi connectivity index (χ1n) is 3.00. The van der Waals surface area contributed by atoms with Crippen LogP contribution in [0, 0.1) is 11.8 Å². The predicted octanol–water partition coefficient (Wildman–Crippen LogP) is 0.542. The zero-order valence-corrected chi connectivity index (χ0v) is 7.31. The lowest BCUT2D eigenvalue weighted by molar-refractivity contribution is 0.368. The van der Waals surface area contributed by atoms with Crippen molar-refractivity contribution in [3.8, 4) is 11.8 Å². The Morgan fingerprint density at radius 2 is 2.18 bits per heavy atom. The molecule has 62 valence electrons. The van der Waals surface area contributed by atoms with Gasteiger partial charge < -0.3 is 0 Å². The van der Waals surface area contributed by atoms with Crippen molar-refractivity contribution in [2.45, 2.75) is 6.92 Å². The molecule has 0 aliphatic heterocycles. The second-order valence-corrected chi connectivity index (χ2v) is 3.43. The Bertz CT molecular complexity index is 277. The maximum absolute atomic E-state index is 10.4. The summed E-state index contributed by atoms with van der Waals surface area (Å²) < 4.78 is 25.1. The minimum Gasteiger partial charge on any atom is -0.257 e. The fourth-order valence-electron chi connectivity index (χ4n) is 0.320. The van der Waals surface area contributed by atoms with Crippen molar-refractivity contribution >= 4 is 10.1 Å². The maximum Gasteiger partial charge on any atom is 0.265 e. The van der Waals surface area contributed by atoms with Crippen molar-refractivity contribution in [2.24, 2.45) is 0 Å². The molecule has 0 saturated carbocycles. The van der Waals surface area contributed by atoms with E-state index in [1.54, 1.807) is 12.2 Å². The third-order valence-electron chi connectivity index (χ3n) is 0.697. The van der Waals surface area contributed by atoms with Crippen molar-refractivity contribution in [3.63, 3.8) is 0 Å². The Kier molecular flexibility index (Phi) is 4.59. The number of rotatable bonds is 2. The highest BCUT2D eigenvalue weighted by atomic mass is 32.2. The highest BCUT2D eigenvalue weighted by Gasteiger charge is 1.96. The maximum atomic E-state index is 10.4. The van der Waals surface area contributed by atoms with Crippen molar-refractivity contribution < 1.29 is 12.6 Å². The van der Waals surface area contributed by atoms with Crippen LogP contribution in [0.3, 0.4) is 0 Å². The summed E-state index contributed by atoms with van der Waals surface area (Å²) in [5.41, 5.74) is 0. The van der Waals surface area contributed by atoms with Gasteiger partial charge >= 0.3 is 0 Å². The van der Waals surface area contributed by atoms with Gasteiger partial charge in [0.15, 0.2) is 0 Å². The van der Waals surface area contributed by atoms with E-state index in [1.807, 2.05) is 6.92 Å². The van der Waals surface area contributed by atoms with Crippen LogP contribution in [0.25, 0.3) is 0 Å². The van der Waals surface area contributed by atoms with Gasteiger partial charge in [-0.15, -0.1) is 0 Å². The van der Waals surface area contributed by atoms with Crippen LogP contribution >= 0.6 is 0 Å². The molecule has 0 saturated heterocycles. The molecule has 4 heteroatoms. The predicted molar refractivity (Wildman–Crippen MR) is 43.4 cm³/mol. The van der Waals surface area contributed by atoms with Gasteiger partial charge in [0.05, 0.1) is 6.26 Å². The Hall–Kier alpha value is -0.790. The van der Waals surface area contributed by atoms with Crippen LogP contribution in [0.4, 0.5) is 0 Å². The van der Waals surface area contributed by atoms with E-state index in [0.717, 1.165) is 6.26 Å². The molecular formula is C7H10O3S. The molecule has 0 rings (SSSR count). The topological polar surface area (TPSA) is 43.4 Å². The summed E-state index contributed by atoms with van der Waals surface area (Å²) >= 11 is 0. The quantitative estimate of drug-likeness (QED) is 0.453. The molecule has 0 aromatic carbocycles. The van der Waals surface area contributed by atoms with Crippen LogP contribution in [0.2, 0.25) is 0 Å². The summed E-state index contributed by atoms with van der Waals surface area (Å²) in [6, 6.07) is 0. The summed E-state index contributed by atoms with van der Waals surface area (Å²) in [6.45, 7) is 1.75. The van der Waals surface area contributed by atoms with Gasteiger partial charge in [0.25, 0.3) is 10.1 Å². The first kappa shape index (κ1) is 10.2. The summed E-state index contributed by atoms with van der Waals surface area (Å²) in [4.78, 5) is 0. The molecule has 0 spiro atoms. The average molecular weight is 174 g/mol. The first-order chi connectivity index (χ1) is 5.06. The molecule has 3 nitrogen and oxygen atoms in total. The van der Waals surface area contributed by atoms with Gasteiger partial charge in [0.2, 0.25) is 0 Å². The lowest BCUT2D eigenvalue weighted by Crippen LogP contribution is -2.02. The second kappa shape index (κ2) is 4.94. The molecule has 0 bridgehead atoms. The van der Waals surface area contributed by atoms with Crippen molar-refractivity contribution in [1.82, 2.24) is 0 Å². The van der Waals surface area contributed by atoms with Crippen LogP contribution in [0.1, 0.15) is 6.92 Å². The zero-order chi connectivity index (χ0) is 8.74. The van der Waals surface area contributed by atoms with Crippen LogP contribution in [0.15, 0.2) is 12.2 Å². The monoisotopic (exact) mass is 174 g/mol.